The molecule has 3 aromatic rings. The average Bonchev–Trinajstić information content (AvgIpc) is 3.08. The van der Waals surface area contributed by atoms with Crippen molar-refractivity contribution in [3.8, 4) is 22.6 Å². The van der Waals surface area contributed by atoms with Gasteiger partial charge in [-0.05, 0) is 11.6 Å². The van der Waals surface area contributed by atoms with Gasteiger partial charge in [0.25, 0.3) is 0 Å². The van der Waals surface area contributed by atoms with Crippen LogP contribution in [0.15, 0.2) is 42.5 Å². The fourth-order valence-corrected chi connectivity index (χ4v) is 2.70. The van der Waals surface area contributed by atoms with Gasteiger partial charge in [0.2, 0.25) is 6.79 Å². The molecule has 0 unspecified atom stereocenters. The Balaban J connectivity index is 2.06. The van der Waals surface area contributed by atoms with E-state index in [1.54, 1.807) is 42.5 Å². The second kappa shape index (κ2) is 4.43. The highest BCUT2D eigenvalue weighted by molar-refractivity contribution is 5.99. The van der Waals surface area contributed by atoms with E-state index in [0.29, 0.717) is 28.0 Å². The van der Waals surface area contributed by atoms with Crippen LogP contribution in [0.1, 0.15) is 5.69 Å². The first-order valence-electron chi connectivity index (χ1n) is 6.62. The molecule has 2 aromatic carbocycles. The fraction of sp³-hybridized carbons (Fsp3) is 0.125. The van der Waals surface area contributed by atoms with Crippen molar-refractivity contribution in [1.82, 2.24) is 4.98 Å². The molecule has 0 radical (unpaired) electrons. The van der Waals surface area contributed by atoms with Crippen LogP contribution in [0.25, 0.3) is 22.0 Å². The Labute approximate surface area is 123 Å². The third-order valence-electron chi connectivity index (χ3n) is 3.64. The van der Waals surface area contributed by atoms with E-state index >= 15 is 0 Å². The standard InChI is InChI=1S/C16H10F3NO2/c17-16(18,19)15-14(9-4-2-1-3-5-9)10-6-12-13(22-8-21-12)7-11(10)20-15/h1-7,20H,8H2. The Morgan fingerprint density at radius 1 is 0.955 bits per heavy atom. The molecular weight excluding hydrogens is 295 g/mol. The van der Waals surface area contributed by atoms with Crippen LogP contribution in [0.2, 0.25) is 0 Å². The molecule has 0 amide bonds. The second-order valence-corrected chi connectivity index (χ2v) is 4.99. The predicted molar refractivity (Wildman–Crippen MR) is 74.9 cm³/mol. The average molecular weight is 305 g/mol. The van der Waals surface area contributed by atoms with Gasteiger partial charge in [0.05, 0.1) is 5.52 Å². The summed E-state index contributed by atoms with van der Waals surface area (Å²) in [5, 5.41) is 0.461. The van der Waals surface area contributed by atoms with Crippen molar-refractivity contribution in [2.75, 3.05) is 6.79 Å². The Morgan fingerprint density at radius 2 is 1.64 bits per heavy atom. The minimum absolute atomic E-state index is 0.0781. The topological polar surface area (TPSA) is 34.2 Å². The molecule has 1 aromatic heterocycles. The van der Waals surface area contributed by atoms with Crippen molar-refractivity contribution >= 4 is 10.9 Å². The van der Waals surface area contributed by atoms with Crippen LogP contribution in [0.3, 0.4) is 0 Å². The third-order valence-corrected chi connectivity index (χ3v) is 3.64. The van der Waals surface area contributed by atoms with E-state index in [0.717, 1.165) is 0 Å². The van der Waals surface area contributed by atoms with E-state index in [9.17, 15) is 13.2 Å². The minimum atomic E-state index is -4.48. The molecular formula is C16H10F3NO2. The number of nitrogens with one attached hydrogen (secondary N) is 1. The molecule has 0 saturated carbocycles. The van der Waals surface area contributed by atoms with Gasteiger partial charge in [0, 0.05) is 17.0 Å². The Morgan fingerprint density at radius 3 is 2.32 bits per heavy atom. The van der Waals surface area contributed by atoms with Crippen molar-refractivity contribution in [2.24, 2.45) is 0 Å². The highest BCUT2D eigenvalue weighted by Crippen LogP contribution is 2.45. The lowest BCUT2D eigenvalue weighted by atomic mass is 10.0. The van der Waals surface area contributed by atoms with Crippen molar-refractivity contribution in [3.05, 3.63) is 48.2 Å². The molecule has 0 fully saturated rings. The molecule has 112 valence electrons. The molecule has 1 N–H and O–H groups in total. The summed E-state index contributed by atoms with van der Waals surface area (Å²) in [6.07, 6.45) is -4.48. The Hall–Kier alpha value is -2.63. The maximum Gasteiger partial charge on any atom is 0.431 e. The number of aromatic amines is 1. The van der Waals surface area contributed by atoms with Gasteiger partial charge in [-0.25, -0.2) is 0 Å². The van der Waals surface area contributed by atoms with Crippen molar-refractivity contribution < 1.29 is 22.6 Å². The van der Waals surface area contributed by atoms with E-state index in [1.165, 1.54) is 0 Å². The molecule has 0 aliphatic carbocycles. The predicted octanol–water partition coefficient (Wildman–Crippen LogP) is 4.58. The fourth-order valence-electron chi connectivity index (χ4n) is 2.70. The summed E-state index contributed by atoms with van der Waals surface area (Å²) in [4.78, 5) is 2.47. The zero-order valence-corrected chi connectivity index (χ0v) is 11.2. The number of H-pyrrole nitrogens is 1. The Kier molecular flexibility index (Phi) is 2.63. The van der Waals surface area contributed by atoms with Crippen LogP contribution >= 0.6 is 0 Å². The van der Waals surface area contributed by atoms with Gasteiger partial charge in [-0.3, -0.25) is 0 Å². The van der Waals surface area contributed by atoms with Gasteiger partial charge in [0.15, 0.2) is 11.5 Å². The van der Waals surface area contributed by atoms with E-state index in [1.807, 2.05) is 0 Å². The number of fused-ring (bicyclic) bond motifs is 2. The van der Waals surface area contributed by atoms with Crippen molar-refractivity contribution in [2.45, 2.75) is 6.18 Å². The van der Waals surface area contributed by atoms with E-state index in [-0.39, 0.29) is 12.4 Å². The van der Waals surface area contributed by atoms with Crippen LogP contribution in [0.4, 0.5) is 13.2 Å². The van der Waals surface area contributed by atoms with Gasteiger partial charge in [-0.1, -0.05) is 30.3 Å². The van der Waals surface area contributed by atoms with Gasteiger partial charge in [-0.15, -0.1) is 0 Å². The zero-order chi connectivity index (χ0) is 15.3. The third kappa shape index (κ3) is 1.91. The zero-order valence-electron chi connectivity index (χ0n) is 11.2. The number of aromatic nitrogens is 1. The summed E-state index contributed by atoms with van der Waals surface area (Å²) < 4.78 is 50.6. The monoisotopic (exact) mass is 305 g/mol. The maximum atomic E-state index is 13.4. The Bertz CT molecular complexity index is 853. The lowest BCUT2D eigenvalue weighted by Gasteiger charge is -2.08. The van der Waals surface area contributed by atoms with Gasteiger partial charge in [-0.2, -0.15) is 13.2 Å². The first-order valence-corrected chi connectivity index (χ1v) is 6.62. The largest absolute Gasteiger partial charge is 0.454 e. The minimum Gasteiger partial charge on any atom is -0.454 e. The molecule has 3 nitrogen and oxygen atoms in total. The molecule has 1 aliphatic heterocycles. The first kappa shape index (κ1) is 13.1. The van der Waals surface area contributed by atoms with Gasteiger partial charge >= 0.3 is 6.18 Å². The summed E-state index contributed by atoms with van der Waals surface area (Å²) in [6, 6.07) is 11.6. The quantitative estimate of drug-likeness (QED) is 0.714. The normalized spacial score (nSPS) is 13.8. The first-order chi connectivity index (χ1) is 10.5. The van der Waals surface area contributed by atoms with E-state index < -0.39 is 11.9 Å². The number of hydrogen-bond donors (Lipinski definition) is 1. The molecule has 2 heterocycles. The number of ether oxygens (including phenoxy) is 2. The highest BCUT2D eigenvalue weighted by atomic mass is 19.4. The molecule has 6 heteroatoms. The van der Waals surface area contributed by atoms with Crippen LogP contribution in [0.5, 0.6) is 11.5 Å². The maximum absolute atomic E-state index is 13.4. The molecule has 4 rings (SSSR count). The lowest BCUT2D eigenvalue weighted by molar-refractivity contribution is -0.140. The number of hydrogen-bond acceptors (Lipinski definition) is 2. The number of alkyl halides is 3. The molecule has 22 heavy (non-hydrogen) atoms. The molecule has 0 atom stereocenters. The van der Waals surface area contributed by atoms with E-state index in [2.05, 4.69) is 4.98 Å². The smallest absolute Gasteiger partial charge is 0.431 e. The molecule has 0 saturated heterocycles. The summed E-state index contributed by atoms with van der Waals surface area (Å²) >= 11 is 0. The molecule has 0 bridgehead atoms. The van der Waals surface area contributed by atoms with Gasteiger partial charge in [0.1, 0.15) is 5.69 Å². The lowest BCUT2D eigenvalue weighted by Crippen LogP contribution is -2.07. The van der Waals surface area contributed by atoms with Crippen molar-refractivity contribution in [3.63, 3.8) is 0 Å². The van der Waals surface area contributed by atoms with Gasteiger partial charge < -0.3 is 14.5 Å². The second-order valence-electron chi connectivity index (χ2n) is 4.99. The summed E-state index contributed by atoms with van der Waals surface area (Å²) in [7, 11) is 0. The van der Waals surface area contributed by atoms with Crippen molar-refractivity contribution in [1.29, 1.82) is 0 Å². The molecule has 0 spiro atoms. The van der Waals surface area contributed by atoms with E-state index in [4.69, 9.17) is 9.47 Å². The number of rotatable bonds is 1. The summed E-state index contributed by atoms with van der Waals surface area (Å²) in [6.45, 7) is 0.0781. The number of benzene rings is 2. The van der Waals surface area contributed by atoms with Crippen LogP contribution in [-0.4, -0.2) is 11.8 Å². The van der Waals surface area contributed by atoms with Crippen LogP contribution in [-0.2, 0) is 6.18 Å². The number of halogens is 3. The summed E-state index contributed by atoms with van der Waals surface area (Å²) in [5.41, 5.74) is 0.231. The SMILES string of the molecule is FC(F)(F)c1[nH]c2cc3c(cc2c1-c1ccccc1)OCO3. The highest BCUT2D eigenvalue weighted by Gasteiger charge is 2.37. The van der Waals surface area contributed by atoms with Crippen LogP contribution in [0, 0.1) is 0 Å². The van der Waals surface area contributed by atoms with Crippen LogP contribution < -0.4 is 9.47 Å². The molecule has 1 aliphatic rings. The summed E-state index contributed by atoms with van der Waals surface area (Å²) in [5.74, 6) is 0.902.